The second-order valence-corrected chi connectivity index (χ2v) is 4.54. The topological polar surface area (TPSA) is 62.3 Å². The Balaban J connectivity index is 2.12. The molecular weight excluding hydrogens is 242 g/mol. The standard InChI is InChI=1S/C14H17N3O2/c1-3-10-13(14(15)17(2)16-10)9-4-5-11-12(8-9)19-7-6-18-11/h4-5,8H,3,6-7,15H2,1-2H3. The minimum Gasteiger partial charge on any atom is -0.486 e. The summed E-state index contributed by atoms with van der Waals surface area (Å²) in [6, 6.07) is 5.90. The van der Waals surface area contributed by atoms with Gasteiger partial charge in [-0.1, -0.05) is 13.0 Å². The average Bonchev–Trinajstić information content (AvgIpc) is 2.74. The Kier molecular flexibility index (Phi) is 2.81. The largest absolute Gasteiger partial charge is 0.486 e. The maximum absolute atomic E-state index is 6.12. The molecule has 19 heavy (non-hydrogen) atoms. The molecule has 1 aromatic carbocycles. The molecule has 0 amide bonds. The van der Waals surface area contributed by atoms with Crippen molar-refractivity contribution in [1.82, 2.24) is 9.78 Å². The number of nitrogens with two attached hydrogens (primary N) is 1. The lowest BCUT2D eigenvalue weighted by atomic mass is 10.0. The van der Waals surface area contributed by atoms with Crippen LogP contribution in [0.4, 0.5) is 5.82 Å². The molecule has 2 N–H and O–H groups in total. The van der Waals surface area contributed by atoms with E-state index in [2.05, 4.69) is 12.0 Å². The highest BCUT2D eigenvalue weighted by molar-refractivity contribution is 5.78. The summed E-state index contributed by atoms with van der Waals surface area (Å²) >= 11 is 0. The van der Waals surface area contributed by atoms with Gasteiger partial charge in [0.1, 0.15) is 19.0 Å². The summed E-state index contributed by atoms with van der Waals surface area (Å²) in [5, 5.41) is 4.44. The van der Waals surface area contributed by atoms with Gasteiger partial charge in [0, 0.05) is 12.6 Å². The summed E-state index contributed by atoms with van der Waals surface area (Å²) in [7, 11) is 1.86. The van der Waals surface area contributed by atoms with Gasteiger partial charge in [-0.3, -0.25) is 4.68 Å². The molecule has 0 saturated carbocycles. The van der Waals surface area contributed by atoms with E-state index in [0.717, 1.165) is 34.7 Å². The van der Waals surface area contributed by atoms with Crippen LogP contribution < -0.4 is 15.2 Å². The molecule has 5 heteroatoms. The molecule has 3 rings (SSSR count). The molecule has 2 heterocycles. The molecule has 1 aromatic heterocycles. The number of ether oxygens (including phenoxy) is 2. The van der Waals surface area contributed by atoms with Crippen LogP contribution in [0.15, 0.2) is 18.2 Å². The SMILES string of the molecule is CCc1nn(C)c(N)c1-c1ccc2c(c1)OCCO2. The average molecular weight is 259 g/mol. The van der Waals surface area contributed by atoms with Gasteiger partial charge in [0.05, 0.1) is 5.69 Å². The van der Waals surface area contributed by atoms with Crippen molar-refractivity contribution in [3.05, 3.63) is 23.9 Å². The van der Waals surface area contributed by atoms with E-state index in [0.29, 0.717) is 19.0 Å². The van der Waals surface area contributed by atoms with Crippen molar-refractivity contribution in [2.45, 2.75) is 13.3 Å². The van der Waals surface area contributed by atoms with Crippen molar-refractivity contribution in [2.24, 2.45) is 7.05 Å². The van der Waals surface area contributed by atoms with Crippen LogP contribution in [0.25, 0.3) is 11.1 Å². The molecule has 2 aromatic rings. The Bertz CT molecular complexity index is 619. The molecule has 0 bridgehead atoms. The molecule has 0 atom stereocenters. The number of aromatic nitrogens is 2. The molecular formula is C14H17N3O2. The first-order valence-electron chi connectivity index (χ1n) is 6.42. The van der Waals surface area contributed by atoms with Crippen molar-refractivity contribution in [2.75, 3.05) is 18.9 Å². The molecule has 0 aliphatic carbocycles. The molecule has 0 unspecified atom stereocenters. The van der Waals surface area contributed by atoms with Crippen molar-refractivity contribution in [3.63, 3.8) is 0 Å². The summed E-state index contributed by atoms with van der Waals surface area (Å²) < 4.78 is 12.9. The van der Waals surface area contributed by atoms with Gasteiger partial charge in [0.15, 0.2) is 11.5 Å². The first kappa shape index (κ1) is 11.9. The molecule has 0 spiro atoms. The first-order valence-corrected chi connectivity index (χ1v) is 6.42. The third-order valence-corrected chi connectivity index (χ3v) is 3.33. The van der Waals surface area contributed by atoms with E-state index in [1.165, 1.54) is 0 Å². The van der Waals surface area contributed by atoms with Crippen molar-refractivity contribution >= 4 is 5.82 Å². The van der Waals surface area contributed by atoms with Crippen LogP contribution in [0.3, 0.4) is 0 Å². The highest BCUT2D eigenvalue weighted by Gasteiger charge is 2.18. The lowest BCUT2D eigenvalue weighted by Gasteiger charge is -2.19. The number of nitrogen functional groups attached to an aromatic ring is 1. The summed E-state index contributed by atoms with van der Waals surface area (Å²) in [4.78, 5) is 0. The van der Waals surface area contributed by atoms with Crippen LogP contribution in [0.2, 0.25) is 0 Å². The Labute approximate surface area is 111 Å². The van der Waals surface area contributed by atoms with Gasteiger partial charge in [-0.25, -0.2) is 0 Å². The third-order valence-electron chi connectivity index (χ3n) is 3.33. The fraction of sp³-hybridized carbons (Fsp3) is 0.357. The van der Waals surface area contributed by atoms with Crippen molar-refractivity contribution < 1.29 is 9.47 Å². The summed E-state index contributed by atoms with van der Waals surface area (Å²) in [6.45, 7) is 3.25. The molecule has 0 radical (unpaired) electrons. The van der Waals surface area contributed by atoms with Crippen LogP contribution in [-0.4, -0.2) is 23.0 Å². The molecule has 0 fully saturated rings. The zero-order valence-corrected chi connectivity index (χ0v) is 11.1. The van der Waals surface area contributed by atoms with E-state index >= 15 is 0 Å². The fourth-order valence-electron chi connectivity index (χ4n) is 2.36. The second kappa shape index (κ2) is 4.50. The van der Waals surface area contributed by atoms with Gasteiger partial charge in [-0.15, -0.1) is 0 Å². The van der Waals surface area contributed by atoms with Gasteiger partial charge >= 0.3 is 0 Å². The van der Waals surface area contributed by atoms with E-state index in [4.69, 9.17) is 15.2 Å². The van der Waals surface area contributed by atoms with E-state index in [1.54, 1.807) is 4.68 Å². The fourth-order valence-corrected chi connectivity index (χ4v) is 2.36. The Morgan fingerprint density at radius 1 is 1.26 bits per heavy atom. The first-order chi connectivity index (χ1) is 9.20. The molecule has 100 valence electrons. The number of hydrogen-bond acceptors (Lipinski definition) is 4. The van der Waals surface area contributed by atoms with E-state index < -0.39 is 0 Å². The molecule has 5 nitrogen and oxygen atoms in total. The lowest BCUT2D eigenvalue weighted by Crippen LogP contribution is -2.15. The van der Waals surface area contributed by atoms with Crippen LogP contribution in [0, 0.1) is 0 Å². The number of benzene rings is 1. The van der Waals surface area contributed by atoms with E-state index in [1.807, 2.05) is 25.2 Å². The molecule has 0 saturated heterocycles. The van der Waals surface area contributed by atoms with Crippen LogP contribution in [-0.2, 0) is 13.5 Å². The van der Waals surface area contributed by atoms with Gasteiger partial charge in [-0.2, -0.15) is 5.10 Å². The molecule has 1 aliphatic rings. The zero-order chi connectivity index (χ0) is 13.4. The highest BCUT2D eigenvalue weighted by atomic mass is 16.6. The Hall–Kier alpha value is -2.17. The van der Waals surface area contributed by atoms with Gasteiger partial charge < -0.3 is 15.2 Å². The second-order valence-electron chi connectivity index (χ2n) is 4.54. The predicted molar refractivity (Wildman–Crippen MR) is 73.4 cm³/mol. The third kappa shape index (κ3) is 1.91. The number of fused-ring (bicyclic) bond motifs is 1. The minimum absolute atomic E-state index is 0.583. The lowest BCUT2D eigenvalue weighted by molar-refractivity contribution is 0.171. The van der Waals surface area contributed by atoms with E-state index in [-0.39, 0.29) is 0 Å². The number of hydrogen-bond donors (Lipinski definition) is 1. The van der Waals surface area contributed by atoms with Crippen molar-refractivity contribution in [1.29, 1.82) is 0 Å². The Morgan fingerprint density at radius 2 is 2.00 bits per heavy atom. The van der Waals surface area contributed by atoms with Crippen molar-refractivity contribution in [3.8, 4) is 22.6 Å². The zero-order valence-electron chi connectivity index (χ0n) is 11.1. The molecule has 1 aliphatic heterocycles. The monoisotopic (exact) mass is 259 g/mol. The summed E-state index contributed by atoms with van der Waals surface area (Å²) in [6.07, 6.45) is 0.842. The van der Waals surface area contributed by atoms with Gasteiger partial charge in [0.2, 0.25) is 0 Å². The Morgan fingerprint density at radius 3 is 2.74 bits per heavy atom. The van der Waals surface area contributed by atoms with Crippen LogP contribution in [0.1, 0.15) is 12.6 Å². The van der Waals surface area contributed by atoms with E-state index in [9.17, 15) is 0 Å². The summed E-state index contributed by atoms with van der Waals surface area (Å²) in [5.41, 5.74) is 9.12. The maximum Gasteiger partial charge on any atom is 0.161 e. The van der Waals surface area contributed by atoms with Crippen LogP contribution in [0.5, 0.6) is 11.5 Å². The smallest absolute Gasteiger partial charge is 0.161 e. The number of nitrogens with zero attached hydrogens (tertiary/aromatic N) is 2. The predicted octanol–water partition coefficient (Wildman–Crippen LogP) is 2.00. The maximum atomic E-state index is 6.12. The van der Waals surface area contributed by atoms with Gasteiger partial charge in [0.25, 0.3) is 0 Å². The number of anilines is 1. The van der Waals surface area contributed by atoms with Gasteiger partial charge in [-0.05, 0) is 24.1 Å². The number of rotatable bonds is 2. The normalized spacial score (nSPS) is 13.6. The summed E-state index contributed by atoms with van der Waals surface area (Å²) in [5.74, 6) is 2.23. The van der Waals surface area contributed by atoms with Crippen LogP contribution >= 0.6 is 0 Å². The minimum atomic E-state index is 0.583. The quantitative estimate of drug-likeness (QED) is 0.896. The number of aryl methyl sites for hydroxylation is 2. The highest BCUT2D eigenvalue weighted by Crippen LogP contribution is 2.37.